The van der Waals surface area contributed by atoms with Crippen LogP contribution in [-0.2, 0) is 6.54 Å². The van der Waals surface area contributed by atoms with Gasteiger partial charge in [0, 0.05) is 11.6 Å². The van der Waals surface area contributed by atoms with Gasteiger partial charge in [0.2, 0.25) is 0 Å². The summed E-state index contributed by atoms with van der Waals surface area (Å²) in [4.78, 5) is 4.05. The van der Waals surface area contributed by atoms with E-state index in [1.165, 1.54) is 17.1 Å². The molecule has 2 aromatic heterocycles. The maximum absolute atomic E-state index is 4.05. The highest BCUT2D eigenvalue weighted by Gasteiger charge is 1.98. The molecule has 0 spiro atoms. The van der Waals surface area contributed by atoms with Crippen molar-refractivity contribution in [3.05, 3.63) is 35.1 Å². The first-order valence-corrected chi connectivity index (χ1v) is 5.10. The van der Waals surface area contributed by atoms with E-state index in [2.05, 4.69) is 19.9 Å². The first-order valence-electron chi connectivity index (χ1n) is 4.26. The van der Waals surface area contributed by atoms with E-state index in [9.17, 15) is 0 Å². The summed E-state index contributed by atoms with van der Waals surface area (Å²) >= 11 is 1.36. The van der Waals surface area contributed by atoms with Gasteiger partial charge in [0.15, 0.2) is 0 Å². The molecule has 0 saturated carbocycles. The van der Waals surface area contributed by atoms with Crippen molar-refractivity contribution in [1.82, 2.24) is 14.6 Å². The molecule has 2 rings (SSSR count). The van der Waals surface area contributed by atoms with Crippen LogP contribution in [0.1, 0.15) is 11.3 Å². The SMILES string of the molecule is Cc1ccncc1NCc1csnn1. The van der Waals surface area contributed by atoms with E-state index in [4.69, 9.17) is 0 Å². The molecule has 0 aliphatic rings. The summed E-state index contributed by atoms with van der Waals surface area (Å²) in [6.07, 6.45) is 3.60. The maximum atomic E-state index is 4.05. The van der Waals surface area contributed by atoms with Crippen molar-refractivity contribution in [2.24, 2.45) is 0 Å². The van der Waals surface area contributed by atoms with E-state index in [-0.39, 0.29) is 0 Å². The second-order valence-corrected chi connectivity index (χ2v) is 3.55. The lowest BCUT2D eigenvalue weighted by Gasteiger charge is -2.05. The van der Waals surface area contributed by atoms with Gasteiger partial charge >= 0.3 is 0 Å². The molecule has 0 amide bonds. The molecule has 0 aliphatic carbocycles. The highest BCUT2D eigenvalue weighted by molar-refractivity contribution is 7.03. The Morgan fingerprint density at radius 2 is 2.43 bits per heavy atom. The molecule has 0 aromatic carbocycles. The number of nitrogens with zero attached hydrogens (tertiary/aromatic N) is 3. The minimum atomic E-state index is 0.697. The van der Waals surface area contributed by atoms with E-state index in [1.807, 2.05) is 24.6 Å². The van der Waals surface area contributed by atoms with E-state index in [1.54, 1.807) is 6.20 Å². The second kappa shape index (κ2) is 4.15. The van der Waals surface area contributed by atoms with Gasteiger partial charge in [-0.05, 0) is 30.1 Å². The van der Waals surface area contributed by atoms with Crippen molar-refractivity contribution in [3.63, 3.8) is 0 Å². The Kier molecular flexibility index (Phi) is 2.69. The molecule has 2 aromatic rings. The number of pyridine rings is 1. The minimum absolute atomic E-state index is 0.697. The van der Waals surface area contributed by atoms with Crippen molar-refractivity contribution in [3.8, 4) is 0 Å². The molecule has 0 fully saturated rings. The molecule has 5 heteroatoms. The van der Waals surface area contributed by atoms with Crippen molar-refractivity contribution >= 4 is 17.2 Å². The maximum Gasteiger partial charge on any atom is 0.0946 e. The smallest absolute Gasteiger partial charge is 0.0946 e. The molecular weight excluding hydrogens is 196 g/mol. The number of rotatable bonds is 3. The van der Waals surface area contributed by atoms with Gasteiger partial charge < -0.3 is 5.32 Å². The summed E-state index contributed by atoms with van der Waals surface area (Å²) < 4.78 is 3.79. The average molecular weight is 206 g/mol. The molecule has 1 N–H and O–H groups in total. The zero-order valence-corrected chi connectivity index (χ0v) is 8.58. The molecule has 4 nitrogen and oxygen atoms in total. The number of hydrogen-bond acceptors (Lipinski definition) is 5. The lowest BCUT2D eigenvalue weighted by Crippen LogP contribution is -2.01. The van der Waals surface area contributed by atoms with Gasteiger partial charge in [-0.2, -0.15) is 0 Å². The fourth-order valence-corrected chi connectivity index (χ4v) is 1.55. The molecule has 0 aliphatic heterocycles. The fourth-order valence-electron chi connectivity index (χ4n) is 1.10. The summed E-state index contributed by atoms with van der Waals surface area (Å²) in [6, 6.07) is 1.97. The molecule has 0 radical (unpaired) electrons. The number of aryl methyl sites for hydroxylation is 1. The Hall–Kier alpha value is -1.49. The Morgan fingerprint density at radius 1 is 1.50 bits per heavy atom. The average Bonchev–Trinajstić information content (AvgIpc) is 2.69. The molecule has 72 valence electrons. The topological polar surface area (TPSA) is 50.7 Å². The molecule has 0 bridgehead atoms. The molecule has 0 saturated heterocycles. The van der Waals surface area contributed by atoms with Crippen LogP contribution in [-0.4, -0.2) is 14.6 Å². The van der Waals surface area contributed by atoms with Gasteiger partial charge in [-0.15, -0.1) is 5.10 Å². The Labute approximate surface area is 86.2 Å². The van der Waals surface area contributed by atoms with Crippen molar-refractivity contribution in [1.29, 1.82) is 0 Å². The summed E-state index contributed by atoms with van der Waals surface area (Å²) in [5, 5.41) is 9.13. The van der Waals surface area contributed by atoms with E-state index >= 15 is 0 Å². The van der Waals surface area contributed by atoms with E-state index in [0.29, 0.717) is 6.54 Å². The van der Waals surface area contributed by atoms with Crippen molar-refractivity contribution < 1.29 is 0 Å². The zero-order valence-electron chi connectivity index (χ0n) is 7.77. The Bertz CT molecular complexity index is 399. The quantitative estimate of drug-likeness (QED) is 0.832. The third-order valence-corrected chi connectivity index (χ3v) is 2.46. The highest BCUT2D eigenvalue weighted by Crippen LogP contribution is 2.12. The molecule has 0 atom stereocenters. The van der Waals surface area contributed by atoms with Crippen LogP contribution in [0.3, 0.4) is 0 Å². The van der Waals surface area contributed by atoms with Crippen LogP contribution in [0.2, 0.25) is 0 Å². The van der Waals surface area contributed by atoms with Gasteiger partial charge in [0.25, 0.3) is 0 Å². The van der Waals surface area contributed by atoms with E-state index < -0.39 is 0 Å². The fraction of sp³-hybridized carbons (Fsp3) is 0.222. The third-order valence-electron chi connectivity index (χ3n) is 1.90. The molecular formula is C9H10N4S. The summed E-state index contributed by atoms with van der Waals surface area (Å²) in [6.45, 7) is 2.74. The van der Waals surface area contributed by atoms with Crippen LogP contribution in [0, 0.1) is 6.92 Å². The largest absolute Gasteiger partial charge is 0.378 e. The van der Waals surface area contributed by atoms with Gasteiger partial charge in [-0.3, -0.25) is 4.98 Å². The van der Waals surface area contributed by atoms with Crippen molar-refractivity contribution in [2.45, 2.75) is 13.5 Å². The third kappa shape index (κ3) is 2.05. The molecule has 2 heterocycles. The van der Waals surface area contributed by atoms with Gasteiger partial charge in [0.05, 0.1) is 24.1 Å². The number of aromatic nitrogens is 3. The first kappa shape index (κ1) is 9.08. The number of nitrogens with one attached hydrogen (secondary N) is 1. The summed E-state index contributed by atoms with van der Waals surface area (Å²) in [5.74, 6) is 0. The molecule has 14 heavy (non-hydrogen) atoms. The zero-order chi connectivity index (χ0) is 9.80. The minimum Gasteiger partial charge on any atom is -0.378 e. The number of hydrogen-bond donors (Lipinski definition) is 1. The predicted octanol–water partition coefficient (Wildman–Crippen LogP) is 1.85. The van der Waals surface area contributed by atoms with Gasteiger partial charge in [-0.1, -0.05) is 4.49 Å². The van der Waals surface area contributed by atoms with Gasteiger partial charge in [0.1, 0.15) is 0 Å². The van der Waals surface area contributed by atoms with Gasteiger partial charge in [-0.25, -0.2) is 0 Å². The van der Waals surface area contributed by atoms with Crippen LogP contribution < -0.4 is 5.32 Å². The highest BCUT2D eigenvalue weighted by atomic mass is 32.1. The normalized spacial score (nSPS) is 10.1. The van der Waals surface area contributed by atoms with Crippen LogP contribution in [0.25, 0.3) is 0 Å². The number of anilines is 1. The lowest BCUT2D eigenvalue weighted by atomic mass is 10.2. The van der Waals surface area contributed by atoms with Crippen molar-refractivity contribution in [2.75, 3.05) is 5.32 Å². The monoisotopic (exact) mass is 206 g/mol. The summed E-state index contributed by atoms with van der Waals surface area (Å²) in [5.41, 5.74) is 3.18. The second-order valence-electron chi connectivity index (χ2n) is 2.94. The predicted molar refractivity (Wildman–Crippen MR) is 56.2 cm³/mol. The van der Waals surface area contributed by atoms with Crippen LogP contribution in [0.15, 0.2) is 23.8 Å². The lowest BCUT2D eigenvalue weighted by molar-refractivity contribution is 0.994. The van der Waals surface area contributed by atoms with E-state index in [0.717, 1.165) is 11.4 Å². The van der Waals surface area contributed by atoms with Crippen LogP contribution in [0.4, 0.5) is 5.69 Å². The standard InChI is InChI=1S/C9H10N4S/c1-7-2-3-10-5-9(7)11-4-8-6-14-13-12-8/h2-3,5-6,11H,4H2,1H3. The Morgan fingerprint density at radius 3 is 3.14 bits per heavy atom. The molecule has 0 unspecified atom stereocenters. The Balaban J connectivity index is 2.02. The van der Waals surface area contributed by atoms with Crippen LogP contribution in [0.5, 0.6) is 0 Å². The summed E-state index contributed by atoms with van der Waals surface area (Å²) in [7, 11) is 0. The van der Waals surface area contributed by atoms with Crippen LogP contribution >= 0.6 is 11.5 Å². The first-order chi connectivity index (χ1) is 6.86.